The van der Waals surface area contributed by atoms with Crippen molar-refractivity contribution < 1.29 is 9.53 Å². The Kier molecular flexibility index (Phi) is 4.81. The Morgan fingerprint density at radius 2 is 1.78 bits per heavy atom. The minimum atomic E-state index is 0.144. The van der Waals surface area contributed by atoms with Crippen LogP contribution >= 0.6 is 0 Å². The molecule has 0 aliphatic heterocycles. The Morgan fingerprint density at radius 1 is 1.09 bits per heavy atom. The number of carbonyl (C=O) groups excluding carboxylic acids is 1. The van der Waals surface area contributed by atoms with Crippen LogP contribution in [-0.4, -0.2) is 13.0 Å². The topological polar surface area (TPSA) is 50.4 Å². The van der Waals surface area contributed by atoms with E-state index in [1.807, 2.05) is 48.5 Å². The van der Waals surface area contributed by atoms with Crippen molar-refractivity contribution >= 4 is 17.3 Å². The Morgan fingerprint density at radius 3 is 2.43 bits per heavy atom. The number of para-hydroxylation sites is 1. The second-order valence-corrected chi connectivity index (χ2v) is 5.86. The number of ether oxygens (including phenoxy) is 1. The molecule has 23 heavy (non-hydrogen) atoms. The molecule has 0 saturated heterocycles. The van der Waals surface area contributed by atoms with Gasteiger partial charge in [0.15, 0.2) is 0 Å². The molecule has 1 fully saturated rings. The van der Waals surface area contributed by atoms with Gasteiger partial charge in [-0.15, -0.1) is 0 Å². The van der Waals surface area contributed by atoms with E-state index in [2.05, 4.69) is 10.6 Å². The molecule has 0 aromatic heterocycles. The van der Waals surface area contributed by atoms with Gasteiger partial charge in [-0.2, -0.15) is 0 Å². The third-order valence-electron chi connectivity index (χ3n) is 4.30. The summed E-state index contributed by atoms with van der Waals surface area (Å²) in [5.74, 6) is 1.23. The first-order chi connectivity index (χ1) is 11.3. The van der Waals surface area contributed by atoms with E-state index in [1.165, 1.54) is 6.42 Å². The summed E-state index contributed by atoms with van der Waals surface area (Å²) in [6.07, 6.45) is 3.21. The molecule has 1 saturated carbocycles. The number of methoxy groups -OCH3 is 1. The molecule has 120 valence electrons. The van der Waals surface area contributed by atoms with E-state index in [4.69, 9.17) is 4.74 Å². The van der Waals surface area contributed by atoms with Crippen molar-refractivity contribution in [1.29, 1.82) is 0 Å². The summed E-state index contributed by atoms with van der Waals surface area (Å²) >= 11 is 0. The highest BCUT2D eigenvalue weighted by atomic mass is 16.5. The van der Waals surface area contributed by atoms with Crippen LogP contribution in [0.3, 0.4) is 0 Å². The first-order valence-electron chi connectivity index (χ1n) is 8.03. The van der Waals surface area contributed by atoms with Crippen molar-refractivity contribution in [1.82, 2.24) is 0 Å². The molecule has 4 nitrogen and oxygen atoms in total. The highest BCUT2D eigenvalue weighted by molar-refractivity contribution is 5.93. The van der Waals surface area contributed by atoms with Gasteiger partial charge in [-0.25, -0.2) is 0 Å². The third-order valence-corrected chi connectivity index (χ3v) is 4.30. The van der Waals surface area contributed by atoms with Crippen LogP contribution in [0.15, 0.2) is 48.5 Å². The zero-order chi connectivity index (χ0) is 16.1. The molecule has 0 atom stereocenters. The zero-order valence-corrected chi connectivity index (χ0v) is 13.3. The summed E-state index contributed by atoms with van der Waals surface area (Å²) in [5.41, 5.74) is 2.97. The number of hydrogen-bond donors (Lipinski definition) is 2. The van der Waals surface area contributed by atoms with Crippen LogP contribution in [0, 0.1) is 5.92 Å². The van der Waals surface area contributed by atoms with Crippen molar-refractivity contribution in [2.75, 3.05) is 17.7 Å². The molecule has 0 bridgehead atoms. The van der Waals surface area contributed by atoms with Crippen molar-refractivity contribution in [2.45, 2.75) is 25.8 Å². The minimum absolute atomic E-state index is 0.144. The van der Waals surface area contributed by atoms with Crippen molar-refractivity contribution in [3.8, 4) is 5.75 Å². The lowest BCUT2D eigenvalue weighted by atomic mass is 9.85. The van der Waals surface area contributed by atoms with E-state index < -0.39 is 0 Å². The first kappa shape index (κ1) is 15.4. The van der Waals surface area contributed by atoms with Crippen LogP contribution in [0.5, 0.6) is 5.75 Å². The Labute approximate surface area is 136 Å². The van der Waals surface area contributed by atoms with Gasteiger partial charge in [0.1, 0.15) is 5.75 Å². The lowest BCUT2D eigenvalue weighted by molar-refractivity contribution is -0.122. The molecule has 4 heteroatoms. The molecule has 1 amide bonds. The molecule has 0 spiro atoms. The van der Waals surface area contributed by atoms with Gasteiger partial charge >= 0.3 is 0 Å². The molecule has 0 heterocycles. The van der Waals surface area contributed by atoms with E-state index >= 15 is 0 Å². The standard InChI is InChI=1S/C19H22N2O2/c1-23-18-8-3-2-5-15(18)13-20-16-9-11-17(12-10-16)21-19(22)14-6-4-7-14/h2-3,5,8-12,14,20H,4,6-7,13H2,1H3,(H,21,22). The maximum Gasteiger partial charge on any atom is 0.227 e. The van der Waals surface area contributed by atoms with Crippen molar-refractivity contribution in [2.24, 2.45) is 5.92 Å². The molecule has 0 unspecified atom stereocenters. The molecule has 2 N–H and O–H groups in total. The monoisotopic (exact) mass is 310 g/mol. The lowest BCUT2D eigenvalue weighted by Gasteiger charge is -2.24. The number of benzene rings is 2. The average Bonchev–Trinajstić information content (AvgIpc) is 2.53. The van der Waals surface area contributed by atoms with Crippen LogP contribution in [0.25, 0.3) is 0 Å². The van der Waals surface area contributed by atoms with Gasteiger partial charge in [-0.05, 0) is 43.2 Å². The molecular weight excluding hydrogens is 288 g/mol. The molecule has 2 aromatic rings. The predicted molar refractivity (Wildman–Crippen MR) is 92.7 cm³/mol. The van der Waals surface area contributed by atoms with E-state index in [0.717, 1.165) is 35.5 Å². The van der Waals surface area contributed by atoms with Gasteiger partial charge in [0.25, 0.3) is 0 Å². The van der Waals surface area contributed by atoms with Gasteiger partial charge in [-0.1, -0.05) is 24.6 Å². The maximum atomic E-state index is 11.9. The van der Waals surface area contributed by atoms with E-state index in [-0.39, 0.29) is 11.8 Å². The van der Waals surface area contributed by atoms with E-state index in [0.29, 0.717) is 6.54 Å². The predicted octanol–water partition coefficient (Wildman–Crippen LogP) is 4.05. The average molecular weight is 310 g/mol. The number of anilines is 2. The molecule has 0 radical (unpaired) electrons. The van der Waals surface area contributed by atoms with Gasteiger partial charge in [-0.3, -0.25) is 4.79 Å². The lowest BCUT2D eigenvalue weighted by Crippen LogP contribution is -2.27. The largest absolute Gasteiger partial charge is 0.496 e. The fraction of sp³-hybridized carbons (Fsp3) is 0.316. The van der Waals surface area contributed by atoms with Crippen LogP contribution < -0.4 is 15.4 Å². The van der Waals surface area contributed by atoms with Crippen molar-refractivity contribution in [3.05, 3.63) is 54.1 Å². The minimum Gasteiger partial charge on any atom is -0.496 e. The van der Waals surface area contributed by atoms with E-state index in [9.17, 15) is 4.79 Å². The van der Waals surface area contributed by atoms with Gasteiger partial charge in [0.05, 0.1) is 7.11 Å². The highest BCUT2D eigenvalue weighted by Gasteiger charge is 2.24. The smallest absolute Gasteiger partial charge is 0.227 e. The fourth-order valence-electron chi connectivity index (χ4n) is 2.63. The van der Waals surface area contributed by atoms with Gasteiger partial charge in [0.2, 0.25) is 5.91 Å². The van der Waals surface area contributed by atoms with Crippen LogP contribution in [0.4, 0.5) is 11.4 Å². The zero-order valence-electron chi connectivity index (χ0n) is 13.3. The summed E-state index contributed by atoms with van der Waals surface area (Å²) in [5, 5.41) is 6.34. The highest BCUT2D eigenvalue weighted by Crippen LogP contribution is 2.28. The number of rotatable bonds is 6. The Balaban J connectivity index is 1.56. The number of amides is 1. The summed E-state index contributed by atoms with van der Waals surface area (Å²) in [6.45, 7) is 0.692. The Bertz CT molecular complexity index is 663. The maximum absolute atomic E-state index is 11.9. The quantitative estimate of drug-likeness (QED) is 0.846. The van der Waals surface area contributed by atoms with Crippen LogP contribution in [-0.2, 0) is 11.3 Å². The number of carbonyl (C=O) groups is 1. The molecule has 3 rings (SSSR count). The molecular formula is C19H22N2O2. The second-order valence-electron chi connectivity index (χ2n) is 5.86. The van der Waals surface area contributed by atoms with Crippen molar-refractivity contribution in [3.63, 3.8) is 0 Å². The number of hydrogen-bond acceptors (Lipinski definition) is 3. The number of nitrogens with one attached hydrogen (secondary N) is 2. The molecule has 2 aromatic carbocycles. The first-order valence-corrected chi connectivity index (χ1v) is 8.03. The summed E-state index contributed by atoms with van der Waals surface area (Å²) < 4.78 is 5.35. The summed E-state index contributed by atoms with van der Waals surface area (Å²) in [7, 11) is 1.68. The van der Waals surface area contributed by atoms with Crippen LogP contribution in [0.1, 0.15) is 24.8 Å². The molecule has 1 aliphatic carbocycles. The normalized spacial score (nSPS) is 14.0. The summed E-state index contributed by atoms with van der Waals surface area (Å²) in [4.78, 5) is 11.9. The Hall–Kier alpha value is -2.49. The van der Waals surface area contributed by atoms with Crippen LogP contribution in [0.2, 0.25) is 0 Å². The SMILES string of the molecule is COc1ccccc1CNc1ccc(NC(=O)C2CCC2)cc1. The molecule has 1 aliphatic rings. The van der Waals surface area contributed by atoms with Gasteiger partial charge in [0, 0.05) is 29.4 Å². The second kappa shape index (κ2) is 7.18. The summed E-state index contributed by atoms with van der Waals surface area (Å²) in [6, 6.07) is 15.8. The van der Waals surface area contributed by atoms with Gasteiger partial charge < -0.3 is 15.4 Å². The van der Waals surface area contributed by atoms with E-state index in [1.54, 1.807) is 7.11 Å². The fourth-order valence-corrected chi connectivity index (χ4v) is 2.63. The third kappa shape index (κ3) is 3.83.